The van der Waals surface area contributed by atoms with Crippen molar-refractivity contribution in [2.45, 2.75) is 18.9 Å². The number of carbonyl (C=O) groups excluding carboxylic acids is 2. The van der Waals surface area contributed by atoms with Gasteiger partial charge in [-0.05, 0) is 29.7 Å². The highest BCUT2D eigenvalue weighted by Gasteiger charge is 2.28. The lowest BCUT2D eigenvalue weighted by Crippen LogP contribution is -2.36. The number of nitrogens with zero attached hydrogens (tertiary/aromatic N) is 1. The number of amides is 1. The smallest absolute Gasteiger partial charge is 0.332 e. The zero-order valence-electron chi connectivity index (χ0n) is 16.1. The molecule has 4 nitrogen and oxygen atoms in total. The SMILES string of the molecule is C=CCC(C(=O)N(Cc1ccccc1)OC(=O)c1ccccc1)c1ccccc1. The lowest BCUT2D eigenvalue weighted by atomic mass is 9.94. The Kier molecular flexibility index (Phi) is 6.95. The molecule has 3 aromatic carbocycles. The lowest BCUT2D eigenvalue weighted by Gasteiger charge is -2.26. The number of rotatable bonds is 7. The molecule has 1 unspecified atom stereocenters. The predicted molar refractivity (Wildman–Crippen MR) is 113 cm³/mol. The summed E-state index contributed by atoms with van der Waals surface area (Å²) in [5.41, 5.74) is 2.11. The molecule has 0 fully saturated rings. The standard InChI is InChI=1S/C25H23NO3/c1-2-12-23(21-15-8-4-9-16-21)24(27)26(19-20-13-6-3-7-14-20)29-25(28)22-17-10-5-11-18-22/h2-11,13-18,23H,1,12,19H2. The molecule has 0 heterocycles. The van der Waals surface area contributed by atoms with Gasteiger partial charge in [0.1, 0.15) is 0 Å². The fraction of sp³-hybridized carbons (Fsp3) is 0.120. The maximum absolute atomic E-state index is 13.4. The molecule has 0 saturated carbocycles. The molecule has 3 rings (SSSR count). The highest BCUT2D eigenvalue weighted by molar-refractivity contribution is 5.91. The molecule has 0 aliphatic carbocycles. The van der Waals surface area contributed by atoms with E-state index < -0.39 is 11.9 Å². The van der Waals surface area contributed by atoms with Crippen molar-refractivity contribution in [3.8, 4) is 0 Å². The van der Waals surface area contributed by atoms with Crippen molar-refractivity contribution in [3.05, 3.63) is 120 Å². The number of hydroxylamine groups is 2. The third kappa shape index (κ3) is 5.42. The Balaban J connectivity index is 1.89. The van der Waals surface area contributed by atoms with Gasteiger partial charge in [-0.3, -0.25) is 4.79 Å². The second-order valence-electron chi connectivity index (χ2n) is 6.59. The van der Waals surface area contributed by atoms with Gasteiger partial charge in [0.2, 0.25) is 0 Å². The number of hydrogen-bond donors (Lipinski definition) is 0. The van der Waals surface area contributed by atoms with Crippen LogP contribution in [0.25, 0.3) is 0 Å². The molecule has 0 aromatic heterocycles. The first-order valence-electron chi connectivity index (χ1n) is 9.47. The summed E-state index contributed by atoms with van der Waals surface area (Å²) in [7, 11) is 0. The van der Waals surface area contributed by atoms with Gasteiger partial charge in [-0.25, -0.2) is 4.79 Å². The molecule has 0 aliphatic rings. The van der Waals surface area contributed by atoms with Crippen LogP contribution in [0.4, 0.5) is 0 Å². The molecule has 3 aromatic rings. The van der Waals surface area contributed by atoms with E-state index in [1.165, 1.54) is 0 Å². The Bertz CT molecular complexity index is 940. The highest BCUT2D eigenvalue weighted by Crippen LogP contribution is 2.24. The van der Waals surface area contributed by atoms with E-state index >= 15 is 0 Å². The van der Waals surface area contributed by atoms with Crippen LogP contribution < -0.4 is 0 Å². The number of hydrogen-bond acceptors (Lipinski definition) is 3. The summed E-state index contributed by atoms with van der Waals surface area (Å²) < 4.78 is 0. The van der Waals surface area contributed by atoms with Crippen molar-refractivity contribution < 1.29 is 14.4 Å². The zero-order chi connectivity index (χ0) is 20.5. The fourth-order valence-electron chi connectivity index (χ4n) is 3.04. The Morgan fingerprint density at radius 3 is 2.00 bits per heavy atom. The molecule has 29 heavy (non-hydrogen) atoms. The maximum Gasteiger partial charge on any atom is 0.363 e. The van der Waals surface area contributed by atoms with Crippen molar-refractivity contribution in [1.29, 1.82) is 0 Å². The lowest BCUT2D eigenvalue weighted by molar-refractivity contribution is -0.171. The van der Waals surface area contributed by atoms with Crippen molar-refractivity contribution in [2.75, 3.05) is 0 Å². The molecule has 0 bridgehead atoms. The first-order chi connectivity index (χ1) is 14.2. The van der Waals surface area contributed by atoms with E-state index in [1.54, 1.807) is 30.3 Å². The molecule has 0 spiro atoms. The van der Waals surface area contributed by atoms with Crippen LogP contribution in [0.15, 0.2) is 104 Å². The molecule has 0 aliphatic heterocycles. The summed E-state index contributed by atoms with van der Waals surface area (Å²) in [6, 6.07) is 27.6. The van der Waals surface area contributed by atoms with Gasteiger partial charge in [-0.15, -0.1) is 6.58 Å². The number of benzene rings is 3. The van der Waals surface area contributed by atoms with Crippen LogP contribution in [0.5, 0.6) is 0 Å². The molecule has 1 atom stereocenters. The molecule has 4 heteroatoms. The highest BCUT2D eigenvalue weighted by atomic mass is 16.7. The quantitative estimate of drug-likeness (QED) is 0.417. The zero-order valence-corrected chi connectivity index (χ0v) is 16.1. The topological polar surface area (TPSA) is 46.6 Å². The third-order valence-corrected chi connectivity index (χ3v) is 4.52. The van der Waals surface area contributed by atoms with Crippen LogP contribution in [0.3, 0.4) is 0 Å². The van der Waals surface area contributed by atoms with Crippen LogP contribution in [0.1, 0.15) is 33.8 Å². The summed E-state index contributed by atoms with van der Waals surface area (Å²) in [6.07, 6.45) is 2.15. The number of allylic oxidation sites excluding steroid dienone is 1. The van der Waals surface area contributed by atoms with Gasteiger partial charge in [-0.1, -0.05) is 84.9 Å². The summed E-state index contributed by atoms with van der Waals surface area (Å²) >= 11 is 0. The minimum Gasteiger partial charge on any atom is -0.332 e. The molecule has 0 N–H and O–H groups in total. The first kappa shape index (κ1) is 20.1. The van der Waals surface area contributed by atoms with Crippen LogP contribution in [0.2, 0.25) is 0 Å². The van der Waals surface area contributed by atoms with Crippen LogP contribution >= 0.6 is 0 Å². The Hall–Kier alpha value is -3.66. The summed E-state index contributed by atoms with van der Waals surface area (Å²) in [5.74, 6) is -1.34. The maximum atomic E-state index is 13.4. The Morgan fingerprint density at radius 1 is 0.862 bits per heavy atom. The first-order valence-corrected chi connectivity index (χ1v) is 9.47. The Labute approximate surface area is 171 Å². The fourth-order valence-corrected chi connectivity index (χ4v) is 3.04. The largest absolute Gasteiger partial charge is 0.363 e. The minimum atomic E-state index is -0.569. The number of carbonyl (C=O) groups is 2. The molecule has 1 amide bonds. The van der Waals surface area contributed by atoms with E-state index in [-0.39, 0.29) is 12.5 Å². The summed E-state index contributed by atoms with van der Waals surface area (Å²) in [6.45, 7) is 3.95. The van der Waals surface area contributed by atoms with Gasteiger partial charge in [0.25, 0.3) is 5.91 Å². The third-order valence-electron chi connectivity index (χ3n) is 4.52. The van der Waals surface area contributed by atoms with Gasteiger partial charge in [0, 0.05) is 0 Å². The van der Waals surface area contributed by atoms with Crippen molar-refractivity contribution in [1.82, 2.24) is 5.06 Å². The molecule has 0 saturated heterocycles. The second-order valence-corrected chi connectivity index (χ2v) is 6.59. The van der Waals surface area contributed by atoms with Gasteiger partial charge < -0.3 is 4.84 Å². The van der Waals surface area contributed by atoms with Crippen LogP contribution in [-0.2, 0) is 16.2 Å². The summed E-state index contributed by atoms with van der Waals surface area (Å²) in [4.78, 5) is 31.6. The van der Waals surface area contributed by atoms with E-state index in [2.05, 4.69) is 6.58 Å². The molecular formula is C25H23NO3. The van der Waals surface area contributed by atoms with Crippen LogP contribution in [-0.4, -0.2) is 16.9 Å². The molecule has 0 radical (unpaired) electrons. The summed E-state index contributed by atoms with van der Waals surface area (Å²) in [5, 5.41) is 1.16. The Morgan fingerprint density at radius 2 is 1.41 bits per heavy atom. The van der Waals surface area contributed by atoms with Crippen molar-refractivity contribution in [3.63, 3.8) is 0 Å². The van der Waals surface area contributed by atoms with Crippen molar-refractivity contribution >= 4 is 11.9 Å². The monoisotopic (exact) mass is 385 g/mol. The van der Waals surface area contributed by atoms with Gasteiger partial charge in [0.05, 0.1) is 18.0 Å². The van der Waals surface area contributed by atoms with E-state index in [0.29, 0.717) is 12.0 Å². The van der Waals surface area contributed by atoms with E-state index in [9.17, 15) is 9.59 Å². The van der Waals surface area contributed by atoms with Gasteiger partial charge >= 0.3 is 5.97 Å². The van der Waals surface area contributed by atoms with E-state index in [0.717, 1.165) is 16.2 Å². The normalized spacial score (nSPS) is 11.3. The average molecular weight is 385 g/mol. The van der Waals surface area contributed by atoms with Gasteiger partial charge in [0.15, 0.2) is 0 Å². The minimum absolute atomic E-state index is 0.165. The van der Waals surface area contributed by atoms with Crippen molar-refractivity contribution in [2.24, 2.45) is 0 Å². The van der Waals surface area contributed by atoms with E-state index in [1.807, 2.05) is 66.7 Å². The van der Waals surface area contributed by atoms with Gasteiger partial charge in [-0.2, -0.15) is 5.06 Å². The van der Waals surface area contributed by atoms with E-state index in [4.69, 9.17) is 4.84 Å². The van der Waals surface area contributed by atoms with Crippen LogP contribution in [0, 0.1) is 0 Å². The predicted octanol–water partition coefficient (Wildman–Crippen LogP) is 5.15. The average Bonchev–Trinajstić information content (AvgIpc) is 2.78. The molecular weight excluding hydrogens is 362 g/mol. The molecule has 146 valence electrons. The second kappa shape index (κ2) is 10.0.